The first-order chi connectivity index (χ1) is 17.8. The van der Waals surface area contributed by atoms with Crippen molar-refractivity contribution in [3.05, 3.63) is 71.1 Å². The molecule has 2 aromatic carbocycles. The molecule has 0 aliphatic rings. The Morgan fingerprint density at radius 3 is 2.65 bits per heavy atom. The lowest BCUT2D eigenvalue weighted by molar-refractivity contribution is 0.0683. The minimum absolute atomic E-state index is 0.232. The summed E-state index contributed by atoms with van der Waals surface area (Å²) >= 11 is 0. The highest BCUT2D eigenvalue weighted by molar-refractivity contribution is 5.35. The van der Waals surface area contributed by atoms with Crippen molar-refractivity contribution in [3.8, 4) is 0 Å². The Kier molecular flexibility index (Phi) is 1.29. The molecule has 0 aliphatic carbocycles. The van der Waals surface area contributed by atoms with Crippen LogP contribution in [-0.4, -0.2) is 32.0 Å². The van der Waals surface area contributed by atoms with Gasteiger partial charge in [0.15, 0.2) is 0 Å². The Labute approximate surface area is 150 Å². The Bertz CT molecular complexity index is 1250. The van der Waals surface area contributed by atoms with Gasteiger partial charge in [0.25, 0.3) is 0 Å². The van der Waals surface area contributed by atoms with Gasteiger partial charge in [0.2, 0.25) is 0 Å². The zero-order valence-electron chi connectivity index (χ0n) is 30.1. The van der Waals surface area contributed by atoms with E-state index in [1.807, 2.05) is 0 Å². The number of nitrogens with zero attached hydrogens (tertiary/aromatic N) is 1. The van der Waals surface area contributed by atoms with Crippen molar-refractivity contribution in [2.24, 2.45) is 0 Å². The smallest absolute Gasteiger partial charge is 0.108 e. The summed E-state index contributed by atoms with van der Waals surface area (Å²) in [7, 11) is 0. The van der Waals surface area contributed by atoms with Crippen LogP contribution >= 0.6 is 0 Å². The van der Waals surface area contributed by atoms with Gasteiger partial charge in [-0.1, -0.05) is 54.4 Å². The highest BCUT2D eigenvalue weighted by Gasteiger charge is 2.16. The second-order valence-electron chi connectivity index (χ2n) is 3.56. The number of ether oxygens (including phenoxy) is 1. The summed E-state index contributed by atoms with van der Waals surface area (Å²) in [6.07, 6.45) is -2.48. The van der Waals surface area contributed by atoms with Gasteiger partial charge in [-0.3, -0.25) is 0 Å². The van der Waals surface area contributed by atoms with Crippen LogP contribution in [0.15, 0.2) is 54.4 Å². The topological polar surface area (TPSA) is 12.5 Å². The van der Waals surface area contributed by atoms with Crippen LogP contribution in [0.25, 0.3) is 0 Å². The van der Waals surface area contributed by atoms with Gasteiger partial charge in [0, 0.05) is 18.9 Å². The fraction of sp³-hybridized carbons (Fsp3) is 0.333. The molecule has 0 spiro atoms. The summed E-state index contributed by atoms with van der Waals surface area (Å²) in [6.45, 7) is -15.1. The zero-order chi connectivity index (χ0) is 31.5. The van der Waals surface area contributed by atoms with E-state index in [0.29, 0.717) is 0 Å². The maximum absolute atomic E-state index is 8.38. The lowest BCUT2D eigenvalue weighted by Crippen LogP contribution is -2.20. The van der Waals surface area contributed by atoms with E-state index in [4.69, 9.17) is 32.2 Å². The zero-order valence-corrected chi connectivity index (χ0v) is 10.1. The fourth-order valence-electron chi connectivity index (χ4n) is 1.36. The summed E-state index contributed by atoms with van der Waals surface area (Å²) in [5, 5.41) is 0. The molecule has 0 radical (unpaired) electrons. The molecular weight excluding hydrogens is 246 g/mol. The van der Waals surface area contributed by atoms with Crippen LogP contribution in [0.5, 0.6) is 0 Å². The quantitative estimate of drug-likeness (QED) is 0.804. The Morgan fingerprint density at radius 1 is 1.15 bits per heavy atom. The van der Waals surface area contributed by atoms with E-state index in [1.54, 1.807) is 0 Å². The molecule has 0 saturated carbocycles. The van der Waals surface area contributed by atoms with E-state index in [2.05, 4.69) is 0 Å². The van der Waals surface area contributed by atoms with E-state index in [0.717, 1.165) is 0 Å². The van der Waals surface area contributed by atoms with Crippen molar-refractivity contribution in [3.63, 3.8) is 0 Å². The third-order valence-electron chi connectivity index (χ3n) is 2.18. The highest BCUT2D eigenvalue weighted by atomic mass is 16.5. The number of benzene rings is 2. The monoisotopic (exact) mass is 289 g/mol. The summed E-state index contributed by atoms with van der Waals surface area (Å²) in [6, 6.07) is -9.19. The van der Waals surface area contributed by atoms with E-state index in [9.17, 15) is 0 Å². The largest absolute Gasteiger partial charge is 0.367 e. The second-order valence-corrected chi connectivity index (χ2v) is 3.56. The van der Waals surface area contributed by atoms with E-state index < -0.39 is 111 Å². The van der Waals surface area contributed by atoms with Crippen LogP contribution < -0.4 is 0 Å². The molecular formula is C18H23NO. The standard InChI is InChI=1S/C18H23NO/c1-15-9-7-8-12-17(15)18(20-14-13-19(2)3)16-10-5-4-6-11-16/h4-12,18H,13-14H2,1-3H3/i1D3,2D3,3D3,4D,5D,6D,7D,8D,9D,10D,11D,12D,14D2. The summed E-state index contributed by atoms with van der Waals surface area (Å²) < 4.78 is 163. The minimum atomic E-state index is -3.41. The number of likely N-dealkylation sites (N-methyl/N-ethyl adjacent to an activating group) is 1. The lowest BCUT2D eigenvalue weighted by Gasteiger charge is -2.22. The van der Waals surface area contributed by atoms with E-state index in [1.165, 1.54) is 0 Å². The van der Waals surface area contributed by atoms with Gasteiger partial charge in [-0.2, -0.15) is 0 Å². The third kappa shape index (κ3) is 3.92. The molecule has 2 nitrogen and oxygen atoms in total. The maximum Gasteiger partial charge on any atom is 0.108 e. The highest BCUT2D eigenvalue weighted by Crippen LogP contribution is 2.28. The van der Waals surface area contributed by atoms with Gasteiger partial charge >= 0.3 is 0 Å². The molecule has 0 aliphatic heterocycles. The average molecular weight is 290 g/mol. The first-order valence-corrected chi connectivity index (χ1v) is 5.38. The first-order valence-electron chi connectivity index (χ1n) is 15.4. The Hall–Kier alpha value is -1.64. The number of hydrogen-bond donors (Lipinski definition) is 0. The molecule has 20 heavy (non-hydrogen) atoms. The molecule has 106 valence electrons. The Morgan fingerprint density at radius 2 is 1.90 bits per heavy atom. The molecule has 0 aromatic heterocycles. The molecule has 0 heterocycles. The van der Waals surface area contributed by atoms with Crippen LogP contribution in [0.2, 0.25) is 0 Å². The molecule has 2 heteroatoms. The first kappa shape index (κ1) is 3.57. The second kappa shape index (κ2) is 7.22. The SMILES string of the molecule is [2H]c1c([2H])c([2H])c(C(OC([2H])([2H])CN(C([2H])([2H])[2H])C([2H])([2H])[2H])c2c([2H])c([2H])c([2H])c([2H])c2C([2H])([2H])[2H])c([2H])c1[2H]. The van der Waals surface area contributed by atoms with Crippen molar-refractivity contribution in [2.75, 3.05) is 27.1 Å². The third-order valence-corrected chi connectivity index (χ3v) is 2.18. The van der Waals surface area contributed by atoms with Crippen LogP contribution in [0.3, 0.4) is 0 Å². The molecule has 1 unspecified atom stereocenters. The lowest BCUT2D eigenvalue weighted by atomic mass is 9.97. The van der Waals surface area contributed by atoms with Gasteiger partial charge in [0.1, 0.15) is 6.10 Å². The van der Waals surface area contributed by atoms with Crippen molar-refractivity contribution in [1.82, 2.24) is 4.90 Å². The van der Waals surface area contributed by atoms with Gasteiger partial charge in [-0.25, -0.2) is 0 Å². The van der Waals surface area contributed by atoms with Gasteiger partial charge in [-0.05, 0) is 37.5 Å². The molecule has 2 aromatic rings. The van der Waals surface area contributed by atoms with E-state index in [-0.39, 0.29) is 4.90 Å². The van der Waals surface area contributed by atoms with Crippen molar-refractivity contribution in [1.29, 1.82) is 0 Å². The number of rotatable bonds is 6. The van der Waals surface area contributed by atoms with Crippen LogP contribution in [0, 0.1) is 6.85 Å². The predicted octanol–water partition coefficient (Wildman–Crippen LogP) is 3.66. The molecule has 1 atom stereocenters. The average Bonchev–Trinajstić information content (AvgIpc) is 2.78. The van der Waals surface area contributed by atoms with Crippen LogP contribution in [-0.2, 0) is 4.74 Å². The molecule has 0 saturated heterocycles. The molecule has 0 amide bonds. The minimum Gasteiger partial charge on any atom is -0.367 e. The summed E-state index contributed by atoms with van der Waals surface area (Å²) in [5.41, 5.74) is -3.06. The van der Waals surface area contributed by atoms with Gasteiger partial charge < -0.3 is 9.64 Å². The van der Waals surface area contributed by atoms with Crippen molar-refractivity contribution < 1.29 is 32.2 Å². The molecule has 2 rings (SSSR count). The summed E-state index contributed by atoms with van der Waals surface area (Å²) in [5.74, 6) is 0. The summed E-state index contributed by atoms with van der Waals surface area (Å²) in [4.78, 5) is -0.232. The number of hydrogen-bond acceptors (Lipinski definition) is 2. The maximum atomic E-state index is 8.38. The van der Waals surface area contributed by atoms with Gasteiger partial charge in [0.05, 0.1) is 21.6 Å². The predicted molar refractivity (Wildman–Crippen MR) is 84.0 cm³/mol. The normalized spacial score (nSPS) is 29.6. The van der Waals surface area contributed by atoms with Crippen molar-refractivity contribution in [2.45, 2.75) is 13.0 Å². The van der Waals surface area contributed by atoms with Crippen LogP contribution in [0.1, 0.15) is 50.2 Å². The molecule has 0 bridgehead atoms. The molecule has 0 fully saturated rings. The fourth-order valence-corrected chi connectivity index (χ4v) is 1.36. The van der Waals surface area contributed by atoms with Crippen molar-refractivity contribution >= 4 is 0 Å². The van der Waals surface area contributed by atoms with E-state index >= 15 is 0 Å². The molecule has 0 N–H and O–H groups in total. The van der Waals surface area contributed by atoms with Gasteiger partial charge in [-0.15, -0.1) is 0 Å². The Balaban J connectivity index is 3.04. The van der Waals surface area contributed by atoms with Crippen LogP contribution in [0.4, 0.5) is 0 Å².